The lowest BCUT2D eigenvalue weighted by Gasteiger charge is -2.30. The van der Waals surface area contributed by atoms with E-state index >= 15 is 0 Å². The Bertz CT molecular complexity index is 1420. The summed E-state index contributed by atoms with van der Waals surface area (Å²) in [5, 5.41) is 20.0. The van der Waals surface area contributed by atoms with E-state index < -0.39 is 53.7 Å². The van der Waals surface area contributed by atoms with Crippen LogP contribution in [0.15, 0.2) is 65.5 Å². The average molecular weight is 554 g/mol. The van der Waals surface area contributed by atoms with Gasteiger partial charge in [-0.25, -0.2) is 9.59 Å². The molecule has 0 aliphatic heterocycles. The fourth-order valence-electron chi connectivity index (χ4n) is 4.12. The van der Waals surface area contributed by atoms with E-state index in [9.17, 15) is 29.1 Å². The van der Waals surface area contributed by atoms with Crippen LogP contribution >= 0.6 is 0 Å². The maximum atomic E-state index is 13.4. The number of rotatable bonds is 13. The zero-order valence-corrected chi connectivity index (χ0v) is 21.8. The van der Waals surface area contributed by atoms with Gasteiger partial charge in [0.2, 0.25) is 5.91 Å². The van der Waals surface area contributed by atoms with Gasteiger partial charge in [0.05, 0.1) is 24.7 Å². The maximum absolute atomic E-state index is 13.4. The summed E-state index contributed by atoms with van der Waals surface area (Å²) in [6.45, 7) is 1.33. The number of carboxylic acids is 1. The summed E-state index contributed by atoms with van der Waals surface area (Å²) in [6.07, 6.45) is -0.174. The number of aliphatic carboxylic acids is 1. The summed E-state index contributed by atoms with van der Waals surface area (Å²) in [5.41, 5.74) is 11.5. The smallest absolute Gasteiger partial charge is 0.365 e. The summed E-state index contributed by atoms with van der Waals surface area (Å²) in [5.74, 6) is -5.29. The number of benzene rings is 2. The van der Waals surface area contributed by atoms with E-state index in [1.165, 1.54) is 28.8 Å². The number of anilines is 1. The molecule has 212 valence electrons. The molecule has 0 aliphatic carbocycles. The van der Waals surface area contributed by atoms with E-state index in [2.05, 4.69) is 0 Å². The number of carbonyl (C=O) groups is 4. The van der Waals surface area contributed by atoms with Crippen molar-refractivity contribution < 1.29 is 34.2 Å². The Kier molecular flexibility index (Phi) is 9.95. The zero-order valence-electron chi connectivity index (χ0n) is 21.8. The van der Waals surface area contributed by atoms with Gasteiger partial charge >= 0.3 is 17.6 Å². The SMILES string of the molecule is CC(=O)[C@@H](C(=O)On1c(O)c(CCCN)n(Cc2ccccc2)c1=O)N(C(=O)[C@@H](N)CC(=O)O)c1ccccc1. The quantitative estimate of drug-likeness (QED) is 0.210. The molecule has 0 aliphatic rings. The Morgan fingerprint density at radius 1 is 1.02 bits per heavy atom. The second-order valence-corrected chi connectivity index (χ2v) is 8.98. The number of para-hydroxylation sites is 1. The Morgan fingerprint density at radius 3 is 2.17 bits per heavy atom. The van der Waals surface area contributed by atoms with Crippen LogP contribution in [0.5, 0.6) is 5.88 Å². The van der Waals surface area contributed by atoms with Gasteiger partial charge in [0.15, 0.2) is 11.8 Å². The summed E-state index contributed by atoms with van der Waals surface area (Å²) < 4.78 is 1.58. The first-order valence-corrected chi connectivity index (χ1v) is 12.4. The average Bonchev–Trinajstić information content (AvgIpc) is 3.13. The third-order valence-corrected chi connectivity index (χ3v) is 6.01. The van der Waals surface area contributed by atoms with Gasteiger partial charge in [-0.1, -0.05) is 53.3 Å². The molecule has 3 aromatic rings. The van der Waals surface area contributed by atoms with E-state index in [0.29, 0.717) is 11.2 Å². The lowest BCUT2D eigenvalue weighted by Crippen LogP contribution is -2.57. The van der Waals surface area contributed by atoms with Crippen LogP contribution in [0, 0.1) is 0 Å². The third-order valence-electron chi connectivity index (χ3n) is 6.01. The van der Waals surface area contributed by atoms with Gasteiger partial charge in [-0.2, -0.15) is 0 Å². The van der Waals surface area contributed by atoms with Crippen molar-refractivity contribution in [1.82, 2.24) is 9.30 Å². The minimum atomic E-state index is -1.95. The predicted octanol–water partition coefficient (Wildman–Crippen LogP) is 0.0430. The van der Waals surface area contributed by atoms with E-state index in [1.807, 2.05) is 0 Å². The number of imidazole rings is 1. The van der Waals surface area contributed by atoms with Crippen molar-refractivity contribution in [3.63, 3.8) is 0 Å². The highest BCUT2D eigenvalue weighted by Crippen LogP contribution is 2.22. The highest BCUT2D eigenvalue weighted by molar-refractivity contribution is 6.13. The normalized spacial score (nSPS) is 12.4. The van der Waals surface area contributed by atoms with Crippen LogP contribution in [0.1, 0.15) is 31.0 Å². The summed E-state index contributed by atoms with van der Waals surface area (Å²) in [4.78, 5) is 69.9. The molecule has 0 saturated heterocycles. The van der Waals surface area contributed by atoms with Crippen molar-refractivity contribution in [2.75, 3.05) is 11.4 Å². The van der Waals surface area contributed by atoms with Crippen LogP contribution in [0.4, 0.5) is 5.69 Å². The van der Waals surface area contributed by atoms with E-state index in [0.717, 1.165) is 17.4 Å². The van der Waals surface area contributed by atoms with Crippen molar-refractivity contribution in [2.24, 2.45) is 11.5 Å². The predicted molar refractivity (Wildman–Crippen MR) is 143 cm³/mol. The number of ketones is 1. The molecule has 2 aromatic carbocycles. The number of Topliss-reactive ketones (excluding diaryl/α,β-unsaturated/α-hetero) is 1. The van der Waals surface area contributed by atoms with Crippen LogP contribution in [0.25, 0.3) is 0 Å². The van der Waals surface area contributed by atoms with Gasteiger partial charge in [-0.05, 0) is 44.0 Å². The molecular weight excluding hydrogens is 522 g/mol. The van der Waals surface area contributed by atoms with Gasteiger partial charge < -0.3 is 26.5 Å². The van der Waals surface area contributed by atoms with Crippen LogP contribution in [-0.4, -0.2) is 61.8 Å². The monoisotopic (exact) mass is 553 g/mol. The van der Waals surface area contributed by atoms with E-state index in [4.69, 9.17) is 21.4 Å². The zero-order chi connectivity index (χ0) is 29.4. The Morgan fingerprint density at radius 2 is 1.62 bits per heavy atom. The molecule has 0 bridgehead atoms. The molecular formula is C27H31N5O8. The maximum Gasteiger partial charge on any atom is 0.365 e. The van der Waals surface area contributed by atoms with Crippen molar-refractivity contribution in [2.45, 2.75) is 44.8 Å². The third kappa shape index (κ3) is 6.81. The van der Waals surface area contributed by atoms with Crippen LogP contribution < -0.4 is 26.9 Å². The second-order valence-electron chi connectivity index (χ2n) is 8.98. The molecule has 0 saturated carbocycles. The molecule has 1 aromatic heterocycles. The fourth-order valence-corrected chi connectivity index (χ4v) is 4.12. The van der Waals surface area contributed by atoms with Crippen LogP contribution in [-0.2, 0) is 32.1 Å². The van der Waals surface area contributed by atoms with Crippen molar-refractivity contribution >= 4 is 29.3 Å². The minimum absolute atomic E-state index is 0.0481. The summed E-state index contributed by atoms with van der Waals surface area (Å²) in [7, 11) is 0. The Labute approximate surface area is 229 Å². The highest BCUT2D eigenvalue weighted by Gasteiger charge is 2.40. The lowest BCUT2D eigenvalue weighted by molar-refractivity contribution is -0.150. The standard InChI is InChI=1S/C27H31N5O8/c1-17(33)23(31(19-11-6-3-7-12-19)24(36)20(29)15-22(34)35)26(38)40-32-25(37)21(13-8-14-28)30(27(32)39)16-18-9-4-2-5-10-18/h2-7,9-12,20,23,37H,8,13-16,28-29H2,1H3,(H,34,35)/t20-,23-/m0/s1. The number of hydrogen-bond donors (Lipinski definition) is 4. The molecule has 6 N–H and O–H groups in total. The first-order valence-electron chi connectivity index (χ1n) is 12.4. The Balaban J connectivity index is 2.04. The summed E-state index contributed by atoms with van der Waals surface area (Å²) in [6, 6.07) is 12.9. The number of hydrogen-bond acceptors (Lipinski definition) is 9. The molecule has 13 nitrogen and oxygen atoms in total. The molecule has 40 heavy (non-hydrogen) atoms. The number of carbonyl (C=O) groups excluding carboxylic acids is 3. The number of carboxylic acid groups (broad SMARTS) is 1. The molecule has 0 unspecified atom stereocenters. The fraction of sp³-hybridized carbons (Fsp3) is 0.296. The molecule has 0 spiro atoms. The van der Waals surface area contributed by atoms with Gasteiger partial charge in [0, 0.05) is 5.69 Å². The molecule has 0 fully saturated rings. The van der Waals surface area contributed by atoms with Gasteiger partial charge in [-0.3, -0.25) is 23.9 Å². The largest absolute Gasteiger partial charge is 0.491 e. The van der Waals surface area contributed by atoms with Gasteiger partial charge in [0.1, 0.15) is 0 Å². The second kappa shape index (κ2) is 13.4. The van der Waals surface area contributed by atoms with Crippen LogP contribution in [0.3, 0.4) is 0 Å². The van der Waals surface area contributed by atoms with E-state index in [1.54, 1.807) is 36.4 Å². The molecule has 0 radical (unpaired) electrons. The van der Waals surface area contributed by atoms with Crippen molar-refractivity contribution in [3.8, 4) is 5.88 Å². The van der Waals surface area contributed by atoms with Crippen LogP contribution in [0.2, 0.25) is 0 Å². The molecule has 3 rings (SSSR count). The number of amides is 1. The molecule has 13 heteroatoms. The van der Waals surface area contributed by atoms with Crippen molar-refractivity contribution in [3.05, 3.63) is 82.4 Å². The highest BCUT2D eigenvalue weighted by atomic mass is 16.7. The number of nitrogens with zero attached hydrogens (tertiary/aromatic N) is 3. The molecule has 1 amide bonds. The van der Waals surface area contributed by atoms with E-state index in [-0.39, 0.29) is 30.9 Å². The molecule has 1 heterocycles. The van der Waals surface area contributed by atoms with Gasteiger partial charge in [0.25, 0.3) is 5.88 Å². The first kappa shape index (κ1) is 29.8. The van der Waals surface area contributed by atoms with Crippen molar-refractivity contribution in [1.29, 1.82) is 0 Å². The number of nitrogens with two attached hydrogens (primary N) is 2. The Hall–Kier alpha value is -4.75. The van der Waals surface area contributed by atoms with Gasteiger partial charge in [-0.15, -0.1) is 0 Å². The minimum Gasteiger partial charge on any atom is -0.491 e. The summed E-state index contributed by atoms with van der Waals surface area (Å²) >= 11 is 0. The molecule has 2 atom stereocenters. The first-order chi connectivity index (χ1) is 19.1. The topological polar surface area (TPSA) is 200 Å². The number of aromatic nitrogens is 2. The lowest BCUT2D eigenvalue weighted by atomic mass is 10.1. The number of aromatic hydroxyl groups is 1.